The lowest BCUT2D eigenvalue weighted by atomic mass is 10.1. The lowest BCUT2D eigenvalue weighted by Gasteiger charge is -2.08. The standard InChI is InChI=1S/C26H23N7OS/c1-18-10-12-19(13-11-18)22-15-23(33(31-22)21-8-4-3-5-9-21)28-24(34)17-35-26-30-29-25(32(26)2)20-7-6-14-27-16-20/h3-16H,17H2,1-2H3,(H,28,34). The highest BCUT2D eigenvalue weighted by atomic mass is 32.2. The van der Waals surface area contributed by atoms with E-state index in [0.29, 0.717) is 16.8 Å². The van der Waals surface area contributed by atoms with Gasteiger partial charge in [-0.05, 0) is 31.2 Å². The van der Waals surface area contributed by atoms with Crippen molar-refractivity contribution >= 4 is 23.5 Å². The molecule has 35 heavy (non-hydrogen) atoms. The minimum atomic E-state index is -0.159. The Balaban J connectivity index is 1.34. The molecule has 0 aliphatic heterocycles. The summed E-state index contributed by atoms with van der Waals surface area (Å²) in [4.78, 5) is 17.0. The van der Waals surface area contributed by atoms with Crippen molar-refractivity contribution < 1.29 is 4.79 Å². The molecule has 0 saturated heterocycles. The first-order chi connectivity index (χ1) is 17.1. The Kier molecular flexibility index (Phi) is 6.40. The van der Waals surface area contributed by atoms with Crippen LogP contribution in [0.3, 0.4) is 0 Å². The van der Waals surface area contributed by atoms with Gasteiger partial charge < -0.3 is 9.88 Å². The number of hydrogen-bond acceptors (Lipinski definition) is 6. The third-order valence-corrected chi connectivity index (χ3v) is 6.43. The minimum Gasteiger partial charge on any atom is -0.310 e. The molecule has 0 bridgehead atoms. The summed E-state index contributed by atoms with van der Waals surface area (Å²) >= 11 is 1.32. The van der Waals surface area contributed by atoms with Gasteiger partial charge in [-0.2, -0.15) is 5.10 Å². The summed E-state index contributed by atoms with van der Waals surface area (Å²) in [5, 5.41) is 16.9. The maximum Gasteiger partial charge on any atom is 0.236 e. The molecule has 0 atom stereocenters. The second-order valence-corrected chi connectivity index (χ2v) is 8.91. The molecule has 5 rings (SSSR count). The number of aromatic nitrogens is 6. The fourth-order valence-corrected chi connectivity index (χ4v) is 4.31. The first kappa shape index (κ1) is 22.5. The molecule has 9 heteroatoms. The number of amides is 1. The van der Waals surface area contributed by atoms with Gasteiger partial charge in [-0.3, -0.25) is 9.78 Å². The van der Waals surface area contributed by atoms with E-state index in [2.05, 4.69) is 20.5 Å². The Morgan fingerprint density at radius 1 is 0.971 bits per heavy atom. The van der Waals surface area contributed by atoms with Crippen LogP contribution in [0.15, 0.2) is 90.3 Å². The lowest BCUT2D eigenvalue weighted by Crippen LogP contribution is -2.17. The number of carbonyl (C=O) groups is 1. The van der Waals surface area contributed by atoms with Crippen LogP contribution in [0, 0.1) is 6.92 Å². The van der Waals surface area contributed by atoms with E-state index in [4.69, 9.17) is 5.10 Å². The summed E-state index contributed by atoms with van der Waals surface area (Å²) in [6.45, 7) is 2.05. The zero-order valence-electron chi connectivity index (χ0n) is 19.3. The number of thioether (sulfide) groups is 1. The molecule has 1 N–H and O–H groups in total. The fraction of sp³-hybridized carbons (Fsp3) is 0.115. The highest BCUT2D eigenvalue weighted by Gasteiger charge is 2.16. The third kappa shape index (κ3) is 4.99. The second kappa shape index (κ2) is 9.94. The summed E-state index contributed by atoms with van der Waals surface area (Å²) in [6, 6.07) is 23.6. The molecular weight excluding hydrogens is 458 g/mol. The number of benzene rings is 2. The van der Waals surface area contributed by atoms with Crippen LogP contribution in [0.25, 0.3) is 28.3 Å². The molecule has 0 aliphatic rings. The summed E-state index contributed by atoms with van der Waals surface area (Å²) in [7, 11) is 1.88. The van der Waals surface area contributed by atoms with Crippen molar-refractivity contribution in [3.8, 4) is 28.3 Å². The number of aryl methyl sites for hydroxylation is 1. The van der Waals surface area contributed by atoms with Crippen LogP contribution in [0.4, 0.5) is 5.82 Å². The predicted molar refractivity (Wildman–Crippen MR) is 137 cm³/mol. The van der Waals surface area contributed by atoms with Crippen LogP contribution >= 0.6 is 11.8 Å². The molecule has 0 saturated carbocycles. The van der Waals surface area contributed by atoms with Crippen molar-refractivity contribution in [3.05, 3.63) is 90.8 Å². The van der Waals surface area contributed by atoms with E-state index in [1.807, 2.05) is 91.3 Å². The molecule has 0 spiro atoms. The van der Waals surface area contributed by atoms with E-state index in [1.54, 1.807) is 17.1 Å². The molecule has 8 nitrogen and oxygen atoms in total. The van der Waals surface area contributed by atoms with E-state index in [0.717, 1.165) is 22.5 Å². The summed E-state index contributed by atoms with van der Waals surface area (Å²) < 4.78 is 3.61. The van der Waals surface area contributed by atoms with E-state index in [1.165, 1.54) is 17.3 Å². The van der Waals surface area contributed by atoms with Gasteiger partial charge in [0, 0.05) is 36.6 Å². The van der Waals surface area contributed by atoms with Crippen LogP contribution in [0.2, 0.25) is 0 Å². The number of anilines is 1. The second-order valence-electron chi connectivity index (χ2n) is 7.97. The molecule has 1 amide bonds. The number of hydrogen-bond donors (Lipinski definition) is 1. The molecule has 0 fully saturated rings. The van der Waals surface area contributed by atoms with Crippen molar-refractivity contribution in [1.29, 1.82) is 0 Å². The predicted octanol–water partition coefficient (Wildman–Crippen LogP) is 4.77. The molecule has 0 radical (unpaired) electrons. The monoisotopic (exact) mass is 481 g/mol. The van der Waals surface area contributed by atoms with Crippen molar-refractivity contribution in [2.24, 2.45) is 7.05 Å². The smallest absolute Gasteiger partial charge is 0.236 e. The topological polar surface area (TPSA) is 90.5 Å². The summed E-state index contributed by atoms with van der Waals surface area (Å²) in [5.74, 6) is 1.32. The van der Waals surface area contributed by atoms with E-state index in [9.17, 15) is 4.79 Å². The van der Waals surface area contributed by atoms with Crippen LogP contribution in [0.5, 0.6) is 0 Å². The molecule has 5 aromatic rings. The Bertz CT molecular complexity index is 1440. The normalized spacial score (nSPS) is 10.9. The van der Waals surface area contributed by atoms with E-state index in [-0.39, 0.29) is 11.7 Å². The van der Waals surface area contributed by atoms with Gasteiger partial charge in [0.05, 0.1) is 17.1 Å². The molecule has 3 aromatic heterocycles. The Morgan fingerprint density at radius 3 is 2.51 bits per heavy atom. The van der Waals surface area contributed by atoms with Gasteiger partial charge in [0.2, 0.25) is 5.91 Å². The molecule has 0 unspecified atom stereocenters. The Morgan fingerprint density at radius 2 is 1.77 bits per heavy atom. The number of nitrogens with one attached hydrogen (secondary N) is 1. The van der Waals surface area contributed by atoms with Gasteiger partial charge in [-0.15, -0.1) is 10.2 Å². The van der Waals surface area contributed by atoms with Crippen LogP contribution in [-0.4, -0.2) is 41.2 Å². The first-order valence-corrected chi connectivity index (χ1v) is 12.0. The fourth-order valence-electron chi connectivity index (χ4n) is 3.60. The lowest BCUT2D eigenvalue weighted by molar-refractivity contribution is -0.113. The van der Waals surface area contributed by atoms with Gasteiger partial charge in [0.25, 0.3) is 0 Å². The average Bonchev–Trinajstić information content (AvgIpc) is 3.47. The average molecular weight is 482 g/mol. The summed E-state index contributed by atoms with van der Waals surface area (Å²) in [5.41, 5.74) is 4.68. The van der Waals surface area contributed by atoms with Crippen LogP contribution in [-0.2, 0) is 11.8 Å². The molecule has 2 aromatic carbocycles. The quantitative estimate of drug-likeness (QED) is 0.337. The zero-order chi connectivity index (χ0) is 24.2. The van der Waals surface area contributed by atoms with E-state index < -0.39 is 0 Å². The van der Waals surface area contributed by atoms with Gasteiger partial charge in [-0.1, -0.05) is 59.8 Å². The van der Waals surface area contributed by atoms with E-state index >= 15 is 0 Å². The largest absolute Gasteiger partial charge is 0.310 e. The number of nitrogens with zero attached hydrogens (tertiary/aromatic N) is 6. The van der Waals surface area contributed by atoms with Gasteiger partial charge in [-0.25, -0.2) is 4.68 Å². The number of pyridine rings is 1. The molecule has 174 valence electrons. The van der Waals surface area contributed by atoms with Crippen LogP contribution < -0.4 is 5.32 Å². The minimum absolute atomic E-state index is 0.159. The highest BCUT2D eigenvalue weighted by molar-refractivity contribution is 7.99. The molecule has 0 aliphatic carbocycles. The summed E-state index contributed by atoms with van der Waals surface area (Å²) in [6.07, 6.45) is 3.45. The van der Waals surface area contributed by atoms with Crippen molar-refractivity contribution in [2.45, 2.75) is 12.1 Å². The van der Waals surface area contributed by atoms with Crippen molar-refractivity contribution in [2.75, 3.05) is 11.1 Å². The SMILES string of the molecule is Cc1ccc(-c2cc(NC(=O)CSc3nnc(-c4cccnc4)n3C)n(-c3ccccc3)n2)cc1. The zero-order valence-corrected chi connectivity index (χ0v) is 20.1. The van der Waals surface area contributed by atoms with Gasteiger partial charge in [0.1, 0.15) is 5.82 Å². The Labute approximate surface area is 207 Å². The number of para-hydroxylation sites is 1. The highest BCUT2D eigenvalue weighted by Crippen LogP contribution is 2.26. The van der Waals surface area contributed by atoms with Crippen LogP contribution in [0.1, 0.15) is 5.56 Å². The van der Waals surface area contributed by atoms with Gasteiger partial charge >= 0.3 is 0 Å². The number of rotatable bonds is 7. The maximum atomic E-state index is 12.9. The van der Waals surface area contributed by atoms with Crippen molar-refractivity contribution in [3.63, 3.8) is 0 Å². The maximum absolute atomic E-state index is 12.9. The van der Waals surface area contributed by atoms with Crippen molar-refractivity contribution in [1.82, 2.24) is 29.5 Å². The van der Waals surface area contributed by atoms with Gasteiger partial charge in [0.15, 0.2) is 11.0 Å². The molecule has 3 heterocycles. The number of carbonyl (C=O) groups excluding carboxylic acids is 1. The third-order valence-electron chi connectivity index (χ3n) is 5.41. The molecular formula is C26H23N7OS. The Hall–Kier alpha value is -4.24. The first-order valence-electron chi connectivity index (χ1n) is 11.0.